The van der Waals surface area contributed by atoms with Crippen LogP contribution in [-0.2, 0) is 6.42 Å². The Balaban J connectivity index is 1.52. The van der Waals surface area contributed by atoms with Crippen molar-refractivity contribution in [2.24, 2.45) is 4.99 Å². The van der Waals surface area contributed by atoms with E-state index in [0.29, 0.717) is 18.1 Å². The van der Waals surface area contributed by atoms with Gasteiger partial charge in [-0.25, -0.2) is 0 Å². The van der Waals surface area contributed by atoms with Gasteiger partial charge in [-0.2, -0.15) is 0 Å². The number of aliphatic imine (C=N–C) groups is 1. The third-order valence-corrected chi connectivity index (χ3v) is 5.90. The summed E-state index contributed by atoms with van der Waals surface area (Å²) in [6, 6.07) is 10.5. The summed E-state index contributed by atoms with van der Waals surface area (Å²) in [6.07, 6.45) is 3.53. The molecule has 0 saturated carbocycles. The molecule has 150 valence electrons. The molecule has 1 fully saturated rings. The van der Waals surface area contributed by atoms with E-state index in [-0.39, 0.29) is 0 Å². The van der Waals surface area contributed by atoms with E-state index in [2.05, 4.69) is 72.4 Å². The van der Waals surface area contributed by atoms with Gasteiger partial charge in [-0.15, -0.1) is 0 Å². The normalized spacial score (nSPS) is 21.6. The van der Waals surface area contributed by atoms with Gasteiger partial charge in [0.15, 0.2) is 5.96 Å². The molecule has 0 spiro atoms. The highest BCUT2D eigenvalue weighted by molar-refractivity contribution is 5.80. The third kappa shape index (κ3) is 5.16. The van der Waals surface area contributed by atoms with Crippen LogP contribution >= 0.6 is 0 Å². The molecule has 5 heteroatoms. The lowest BCUT2D eigenvalue weighted by Crippen LogP contribution is -2.50. The molecular weight excluding hydrogens is 334 g/mol. The Morgan fingerprint density at radius 3 is 2.67 bits per heavy atom. The number of nitrogens with zero attached hydrogens (tertiary/aromatic N) is 3. The van der Waals surface area contributed by atoms with Crippen LogP contribution < -0.4 is 15.5 Å². The van der Waals surface area contributed by atoms with Crippen LogP contribution in [0.5, 0.6) is 0 Å². The fourth-order valence-corrected chi connectivity index (χ4v) is 4.31. The molecular formula is C22H37N5. The van der Waals surface area contributed by atoms with Crippen molar-refractivity contribution in [3.05, 3.63) is 29.8 Å². The predicted molar refractivity (Wildman–Crippen MR) is 116 cm³/mol. The van der Waals surface area contributed by atoms with E-state index in [1.165, 1.54) is 37.2 Å². The van der Waals surface area contributed by atoms with Crippen LogP contribution in [0.15, 0.2) is 29.3 Å². The summed E-state index contributed by atoms with van der Waals surface area (Å²) in [5.74, 6) is 0.973. The number of anilines is 1. The second kappa shape index (κ2) is 9.45. The van der Waals surface area contributed by atoms with Gasteiger partial charge >= 0.3 is 0 Å². The molecule has 0 radical (unpaired) electrons. The van der Waals surface area contributed by atoms with E-state index >= 15 is 0 Å². The minimum atomic E-state index is 0.532. The third-order valence-electron chi connectivity index (χ3n) is 5.90. The monoisotopic (exact) mass is 371 g/mol. The summed E-state index contributed by atoms with van der Waals surface area (Å²) in [7, 11) is 0. The van der Waals surface area contributed by atoms with Gasteiger partial charge in [-0.05, 0) is 58.6 Å². The molecule has 1 aromatic carbocycles. The summed E-state index contributed by atoms with van der Waals surface area (Å²) in [5.41, 5.74) is 2.86. The van der Waals surface area contributed by atoms with Gasteiger partial charge in [0.25, 0.3) is 0 Å². The molecule has 2 heterocycles. The zero-order valence-electron chi connectivity index (χ0n) is 17.5. The maximum Gasteiger partial charge on any atom is 0.191 e. The van der Waals surface area contributed by atoms with Crippen LogP contribution in [0, 0.1) is 0 Å². The lowest BCUT2D eigenvalue weighted by atomic mass is 10.0. The van der Waals surface area contributed by atoms with E-state index in [9.17, 15) is 0 Å². The molecule has 2 aliphatic heterocycles. The standard InChI is InChI=1S/C22H37N5/c1-5-23-22(25-20-10-13-26(14-11-20)17(2)3)24-12-15-27-18(4)16-19-8-6-7-9-21(19)27/h6-9,17-18,20H,5,10-16H2,1-4H3,(H2,23,24,25). The van der Waals surface area contributed by atoms with Crippen LogP contribution in [0.3, 0.4) is 0 Å². The highest BCUT2D eigenvalue weighted by atomic mass is 15.2. The molecule has 1 atom stereocenters. The Hall–Kier alpha value is -1.75. The van der Waals surface area contributed by atoms with E-state index in [4.69, 9.17) is 4.99 Å². The summed E-state index contributed by atoms with van der Waals surface area (Å²) in [5, 5.41) is 7.09. The van der Waals surface area contributed by atoms with Crippen molar-refractivity contribution in [2.45, 2.75) is 65.1 Å². The lowest BCUT2D eigenvalue weighted by molar-refractivity contribution is 0.167. The van der Waals surface area contributed by atoms with E-state index in [1.807, 2.05) is 0 Å². The number of benzene rings is 1. The summed E-state index contributed by atoms with van der Waals surface area (Å²) >= 11 is 0. The highest BCUT2D eigenvalue weighted by Gasteiger charge is 2.25. The molecule has 1 saturated heterocycles. The van der Waals surface area contributed by atoms with Gasteiger partial charge in [-0.1, -0.05) is 18.2 Å². The summed E-state index contributed by atoms with van der Waals surface area (Å²) < 4.78 is 0. The van der Waals surface area contributed by atoms with Gasteiger partial charge in [0.05, 0.1) is 6.54 Å². The number of fused-ring (bicyclic) bond motifs is 1. The quantitative estimate of drug-likeness (QED) is 0.596. The van der Waals surface area contributed by atoms with Crippen LogP contribution in [0.25, 0.3) is 0 Å². The molecule has 0 bridgehead atoms. The fraction of sp³-hybridized carbons (Fsp3) is 0.682. The van der Waals surface area contributed by atoms with E-state index in [1.54, 1.807) is 0 Å². The van der Waals surface area contributed by atoms with Gasteiger partial charge in [-0.3, -0.25) is 4.99 Å². The van der Waals surface area contributed by atoms with Crippen LogP contribution in [-0.4, -0.2) is 61.7 Å². The number of rotatable bonds is 6. The van der Waals surface area contributed by atoms with Crippen LogP contribution in [0.2, 0.25) is 0 Å². The Kier molecular flexibility index (Phi) is 7.00. The molecule has 1 aromatic rings. The van der Waals surface area contributed by atoms with Crippen molar-refractivity contribution in [3.8, 4) is 0 Å². The van der Waals surface area contributed by atoms with Crippen molar-refractivity contribution in [1.82, 2.24) is 15.5 Å². The number of piperidine rings is 1. The number of guanidine groups is 1. The average Bonchev–Trinajstić information content (AvgIpc) is 2.98. The minimum Gasteiger partial charge on any atom is -0.366 e. The summed E-state index contributed by atoms with van der Waals surface area (Å²) in [6.45, 7) is 14.1. The van der Waals surface area contributed by atoms with Gasteiger partial charge in [0, 0.05) is 50.0 Å². The Morgan fingerprint density at radius 2 is 1.96 bits per heavy atom. The molecule has 0 aromatic heterocycles. The van der Waals surface area contributed by atoms with Crippen molar-refractivity contribution < 1.29 is 0 Å². The van der Waals surface area contributed by atoms with Crippen molar-refractivity contribution in [2.75, 3.05) is 37.6 Å². The molecule has 0 aliphatic carbocycles. The first-order valence-electron chi connectivity index (χ1n) is 10.7. The molecule has 0 amide bonds. The van der Waals surface area contributed by atoms with Crippen molar-refractivity contribution in [3.63, 3.8) is 0 Å². The van der Waals surface area contributed by atoms with Gasteiger partial charge in [0.2, 0.25) is 0 Å². The Labute approximate surface area is 165 Å². The fourth-order valence-electron chi connectivity index (χ4n) is 4.31. The smallest absolute Gasteiger partial charge is 0.191 e. The van der Waals surface area contributed by atoms with Crippen molar-refractivity contribution in [1.29, 1.82) is 0 Å². The zero-order valence-corrected chi connectivity index (χ0v) is 17.5. The first-order chi connectivity index (χ1) is 13.1. The molecule has 3 rings (SSSR count). The number of para-hydroxylation sites is 1. The second-order valence-corrected chi connectivity index (χ2v) is 8.18. The molecule has 5 nitrogen and oxygen atoms in total. The Bertz CT molecular complexity index is 619. The summed E-state index contributed by atoms with van der Waals surface area (Å²) in [4.78, 5) is 9.94. The number of hydrogen-bond acceptors (Lipinski definition) is 3. The first kappa shape index (κ1) is 20.0. The van der Waals surface area contributed by atoms with E-state index in [0.717, 1.165) is 32.0 Å². The average molecular weight is 372 g/mol. The maximum absolute atomic E-state index is 4.87. The van der Waals surface area contributed by atoms with Crippen molar-refractivity contribution >= 4 is 11.6 Å². The Morgan fingerprint density at radius 1 is 1.22 bits per heavy atom. The topological polar surface area (TPSA) is 42.9 Å². The predicted octanol–water partition coefficient (Wildman–Crippen LogP) is 2.87. The molecule has 27 heavy (non-hydrogen) atoms. The minimum absolute atomic E-state index is 0.532. The number of likely N-dealkylation sites (tertiary alicyclic amines) is 1. The van der Waals surface area contributed by atoms with E-state index < -0.39 is 0 Å². The second-order valence-electron chi connectivity index (χ2n) is 8.18. The molecule has 2 N–H and O–H groups in total. The zero-order chi connectivity index (χ0) is 19.2. The number of nitrogens with one attached hydrogen (secondary N) is 2. The SMILES string of the molecule is CCNC(=NCCN1c2ccccc2CC1C)NC1CCN(C(C)C)CC1. The molecule has 2 aliphatic rings. The van der Waals surface area contributed by atoms with Crippen LogP contribution in [0.4, 0.5) is 5.69 Å². The maximum atomic E-state index is 4.87. The largest absolute Gasteiger partial charge is 0.366 e. The van der Waals surface area contributed by atoms with Gasteiger partial charge in [0.1, 0.15) is 0 Å². The molecule has 1 unspecified atom stereocenters. The number of hydrogen-bond donors (Lipinski definition) is 2. The van der Waals surface area contributed by atoms with Gasteiger partial charge < -0.3 is 20.4 Å². The lowest BCUT2D eigenvalue weighted by Gasteiger charge is -2.35. The highest BCUT2D eigenvalue weighted by Crippen LogP contribution is 2.31. The first-order valence-corrected chi connectivity index (χ1v) is 10.7. The van der Waals surface area contributed by atoms with Crippen LogP contribution in [0.1, 0.15) is 46.1 Å².